The summed E-state index contributed by atoms with van der Waals surface area (Å²) in [5.74, 6) is -2.10. The third-order valence-electron chi connectivity index (χ3n) is 7.96. The van der Waals surface area contributed by atoms with Gasteiger partial charge in [0.05, 0.1) is 35.8 Å². The lowest BCUT2D eigenvalue weighted by molar-refractivity contribution is -0.123. The number of Topliss-reactive ketones (excluding diaryl/α,β-unsaturated/α-hetero) is 1. The van der Waals surface area contributed by atoms with E-state index < -0.39 is 44.5 Å². The number of ether oxygens (including phenoxy) is 2. The van der Waals surface area contributed by atoms with Gasteiger partial charge in [0.15, 0.2) is 5.78 Å². The molecule has 0 spiro atoms. The largest absolute Gasteiger partial charge is 0.445 e. The smallest absolute Gasteiger partial charge is 0.407 e. The lowest BCUT2D eigenvalue weighted by Gasteiger charge is -2.27. The number of nitrogens with two attached hydrogens (primary N) is 2. The number of hydrogen-bond donors (Lipinski definition) is 3. The van der Waals surface area contributed by atoms with Crippen LogP contribution in [0.4, 0.5) is 9.18 Å². The van der Waals surface area contributed by atoms with Gasteiger partial charge in [-0.05, 0) is 54.7 Å². The van der Waals surface area contributed by atoms with E-state index in [-0.39, 0.29) is 36.8 Å². The molecule has 3 aromatic carbocycles. The van der Waals surface area contributed by atoms with Crippen LogP contribution in [0.15, 0.2) is 101 Å². The van der Waals surface area contributed by atoms with Crippen LogP contribution in [-0.2, 0) is 37.1 Å². The summed E-state index contributed by atoms with van der Waals surface area (Å²) in [5.41, 5.74) is 13.7. The Labute approximate surface area is 280 Å². The number of benzene rings is 3. The topological polar surface area (TPSA) is 171 Å². The molecular weight excluding hydrogens is 639 g/mol. The van der Waals surface area contributed by atoms with Gasteiger partial charge in [0.1, 0.15) is 6.61 Å². The van der Waals surface area contributed by atoms with Crippen LogP contribution in [0, 0.1) is 5.92 Å². The molecule has 4 rings (SSSR count). The number of amides is 2. The molecule has 1 aliphatic heterocycles. The third kappa shape index (κ3) is 9.96. The van der Waals surface area contributed by atoms with Crippen LogP contribution in [-0.4, -0.2) is 70.0 Å². The number of ketones is 1. The highest BCUT2D eigenvalue weighted by molar-refractivity contribution is 7.95. The van der Waals surface area contributed by atoms with Crippen molar-refractivity contribution in [1.29, 1.82) is 0 Å². The molecule has 48 heavy (non-hydrogen) atoms. The quantitative estimate of drug-likeness (QED) is 0.202. The van der Waals surface area contributed by atoms with E-state index in [1.807, 2.05) is 30.3 Å². The zero-order chi connectivity index (χ0) is 34.5. The van der Waals surface area contributed by atoms with Crippen LogP contribution in [0.1, 0.15) is 40.7 Å². The zero-order valence-electron chi connectivity index (χ0n) is 26.6. The van der Waals surface area contributed by atoms with E-state index in [1.54, 1.807) is 35.2 Å². The molecular formula is C35H41FN4O7S. The first-order valence-electron chi connectivity index (χ1n) is 15.7. The number of nitrogens with one attached hydrogen (secondary N) is 1. The molecule has 1 fully saturated rings. The van der Waals surface area contributed by atoms with E-state index in [2.05, 4.69) is 5.32 Å². The minimum Gasteiger partial charge on any atom is -0.445 e. The van der Waals surface area contributed by atoms with Gasteiger partial charge in [0.25, 0.3) is 5.91 Å². The molecule has 0 aromatic heterocycles. The molecule has 1 saturated heterocycles. The fourth-order valence-electron chi connectivity index (χ4n) is 5.23. The van der Waals surface area contributed by atoms with Crippen molar-refractivity contribution < 1.29 is 36.7 Å². The second-order valence-corrected chi connectivity index (χ2v) is 13.2. The number of morpholine rings is 1. The van der Waals surface area contributed by atoms with Crippen LogP contribution in [0.3, 0.4) is 0 Å². The van der Waals surface area contributed by atoms with Crippen molar-refractivity contribution in [2.45, 2.75) is 43.2 Å². The number of sulfone groups is 1. The Morgan fingerprint density at radius 3 is 2.17 bits per heavy atom. The Morgan fingerprint density at radius 2 is 1.52 bits per heavy atom. The number of halogens is 1. The molecule has 0 unspecified atom stereocenters. The second kappa shape index (κ2) is 17.5. The van der Waals surface area contributed by atoms with Gasteiger partial charge < -0.3 is 31.2 Å². The summed E-state index contributed by atoms with van der Waals surface area (Å²) in [7, 11) is -4.62. The first-order chi connectivity index (χ1) is 23.1. The predicted octanol–water partition coefficient (Wildman–Crippen LogP) is 3.88. The van der Waals surface area contributed by atoms with E-state index in [4.69, 9.17) is 20.9 Å². The maximum absolute atomic E-state index is 15.6. The summed E-state index contributed by atoms with van der Waals surface area (Å²) in [6.45, 7) is 2.26. The number of alkyl carbamates (subject to hydrolysis) is 1. The fourth-order valence-corrected chi connectivity index (χ4v) is 6.40. The molecule has 256 valence electrons. The average Bonchev–Trinajstić information content (AvgIpc) is 3.12. The number of carbonyl (C=O) groups is 3. The maximum Gasteiger partial charge on any atom is 0.407 e. The molecule has 1 heterocycles. The molecule has 0 bridgehead atoms. The van der Waals surface area contributed by atoms with Gasteiger partial charge >= 0.3 is 6.09 Å². The van der Waals surface area contributed by atoms with Gasteiger partial charge in [-0.1, -0.05) is 67.1 Å². The van der Waals surface area contributed by atoms with Crippen LogP contribution < -0.4 is 16.8 Å². The normalized spacial score (nSPS) is 15.2. The summed E-state index contributed by atoms with van der Waals surface area (Å²) < 4.78 is 52.1. The van der Waals surface area contributed by atoms with Crippen LogP contribution in [0.2, 0.25) is 0 Å². The predicted molar refractivity (Wildman–Crippen MR) is 178 cm³/mol. The van der Waals surface area contributed by atoms with Crippen molar-refractivity contribution >= 4 is 27.6 Å². The Balaban J connectivity index is 1.41. The van der Waals surface area contributed by atoms with E-state index in [1.165, 1.54) is 24.3 Å². The van der Waals surface area contributed by atoms with Gasteiger partial charge in [-0.25, -0.2) is 13.2 Å². The van der Waals surface area contributed by atoms with E-state index in [9.17, 15) is 22.8 Å². The van der Waals surface area contributed by atoms with Gasteiger partial charge in [0.2, 0.25) is 15.0 Å². The summed E-state index contributed by atoms with van der Waals surface area (Å²) in [6, 6.07) is 21.7. The van der Waals surface area contributed by atoms with E-state index in [0.29, 0.717) is 50.3 Å². The van der Waals surface area contributed by atoms with Crippen LogP contribution in [0.5, 0.6) is 0 Å². The summed E-state index contributed by atoms with van der Waals surface area (Å²) in [4.78, 5) is 39.9. The van der Waals surface area contributed by atoms with Crippen molar-refractivity contribution in [3.8, 4) is 0 Å². The third-order valence-corrected chi connectivity index (χ3v) is 9.56. The molecule has 13 heteroatoms. The molecule has 0 aliphatic carbocycles. The summed E-state index contributed by atoms with van der Waals surface area (Å²) in [5, 5.41) is 1.02. The van der Waals surface area contributed by atoms with Crippen molar-refractivity contribution in [2.24, 2.45) is 17.4 Å². The molecule has 3 aromatic rings. The Hall–Kier alpha value is -4.59. The molecule has 0 saturated carbocycles. The van der Waals surface area contributed by atoms with Gasteiger partial charge in [-0.3, -0.25) is 9.59 Å². The average molecular weight is 681 g/mol. The van der Waals surface area contributed by atoms with E-state index in [0.717, 1.165) is 5.56 Å². The second-order valence-electron chi connectivity index (χ2n) is 11.4. The zero-order valence-corrected chi connectivity index (χ0v) is 27.4. The molecule has 5 N–H and O–H groups in total. The first-order valence-corrected chi connectivity index (χ1v) is 17.2. The van der Waals surface area contributed by atoms with Gasteiger partial charge in [0, 0.05) is 25.2 Å². The minimum absolute atomic E-state index is 0.0101. The van der Waals surface area contributed by atoms with Crippen molar-refractivity contribution in [2.75, 3.05) is 32.8 Å². The first kappa shape index (κ1) is 36.2. The highest BCUT2D eigenvalue weighted by Crippen LogP contribution is 2.28. The molecule has 0 radical (unpaired) electrons. The number of unbranched alkanes of at least 4 members (excludes halogenated alkanes) is 1. The Kier molecular flexibility index (Phi) is 13.2. The maximum atomic E-state index is 15.6. The fraction of sp³-hybridized carbons (Fsp3) is 0.343. The number of carbonyl (C=O) groups excluding carboxylic acids is 3. The van der Waals surface area contributed by atoms with Crippen LogP contribution in [0.25, 0.3) is 0 Å². The van der Waals surface area contributed by atoms with Crippen molar-refractivity contribution in [3.63, 3.8) is 0 Å². The lowest BCUT2D eigenvalue weighted by Crippen LogP contribution is -2.40. The highest BCUT2D eigenvalue weighted by atomic mass is 32.2. The highest BCUT2D eigenvalue weighted by Gasteiger charge is 2.33. The minimum atomic E-state index is -4.62. The number of hydrogen-bond acceptors (Lipinski definition) is 9. The van der Waals surface area contributed by atoms with E-state index >= 15 is 4.39 Å². The molecule has 11 nitrogen and oxygen atoms in total. The van der Waals surface area contributed by atoms with Crippen molar-refractivity contribution in [1.82, 2.24) is 10.2 Å². The van der Waals surface area contributed by atoms with Crippen LogP contribution >= 0.6 is 0 Å². The van der Waals surface area contributed by atoms with Crippen molar-refractivity contribution in [3.05, 3.63) is 112 Å². The van der Waals surface area contributed by atoms with Gasteiger partial charge in [-0.2, -0.15) is 4.39 Å². The summed E-state index contributed by atoms with van der Waals surface area (Å²) in [6.07, 6.45) is 0.0871. The molecule has 2 atom stereocenters. The molecule has 2 amide bonds. The molecule has 1 aliphatic rings. The summed E-state index contributed by atoms with van der Waals surface area (Å²) >= 11 is 0. The Morgan fingerprint density at radius 1 is 0.896 bits per heavy atom. The van der Waals surface area contributed by atoms with Gasteiger partial charge in [-0.15, -0.1) is 0 Å². The number of rotatable bonds is 15. The number of allylic oxidation sites excluding steroid dienone is 1. The Bertz CT molecular complexity index is 1660. The lowest BCUT2D eigenvalue weighted by atomic mass is 9.88. The standard InChI is InChI=1S/C35H41FN4O7S/c36-33(48(44,45)28-11-5-2-6-12-28)31(38)29(13-7-8-18-39-35(43)47-24-26-9-3-1-4-10-26)32(41)30(37)23-25-14-16-27(17-15-25)34(42)40-19-21-46-22-20-40/h1-6,9-12,14-17,29-30H,7-8,13,18-24,37-38H2,(H,39,43)/t29-,30-/m0/s1. The SMILES string of the molecule is NC(=C(F)S(=O)(=O)c1ccccc1)[C@H](CCCCNC(=O)OCc1ccccc1)C(=O)[C@@H](N)Cc1ccc(C(=O)N2CCOCC2)cc1. The monoisotopic (exact) mass is 680 g/mol. The number of nitrogens with zero attached hydrogens (tertiary/aromatic N) is 1.